The number of nitrogens with one attached hydrogen (secondary N) is 1. The summed E-state index contributed by atoms with van der Waals surface area (Å²) < 4.78 is 5.76. The maximum absolute atomic E-state index is 13.3. The van der Waals surface area contributed by atoms with Gasteiger partial charge in [0.15, 0.2) is 6.61 Å². The molecule has 0 aliphatic carbocycles. The predicted molar refractivity (Wildman–Crippen MR) is 126 cm³/mol. The first-order valence-electron chi connectivity index (χ1n) is 10.8. The molecule has 32 heavy (non-hydrogen) atoms. The normalized spacial score (nSPS) is 11.5. The van der Waals surface area contributed by atoms with Crippen molar-refractivity contribution in [1.82, 2.24) is 10.2 Å². The molecule has 3 aromatic rings. The maximum atomic E-state index is 13.3. The molecule has 0 radical (unpaired) electrons. The van der Waals surface area contributed by atoms with Crippen LogP contribution in [0.25, 0.3) is 0 Å². The van der Waals surface area contributed by atoms with Crippen molar-refractivity contribution in [3.8, 4) is 5.75 Å². The van der Waals surface area contributed by atoms with Gasteiger partial charge in [-0.1, -0.05) is 77.9 Å². The summed E-state index contributed by atoms with van der Waals surface area (Å²) in [7, 11) is 1.60. The van der Waals surface area contributed by atoms with E-state index in [1.165, 1.54) is 0 Å². The lowest BCUT2D eigenvalue weighted by molar-refractivity contribution is -0.142. The molecule has 0 fully saturated rings. The number of ether oxygens (including phenoxy) is 1. The van der Waals surface area contributed by atoms with Gasteiger partial charge in [-0.15, -0.1) is 0 Å². The molecule has 0 spiro atoms. The highest BCUT2D eigenvalue weighted by Crippen LogP contribution is 2.17. The second-order valence-electron chi connectivity index (χ2n) is 7.93. The van der Waals surface area contributed by atoms with E-state index in [0.29, 0.717) is 18.7 Å². The van der Waals surface area contributed by atoms with E-state index in [1.807, 2.05) is 92.7 Å². The molecule has 0 bridgehead atoms. The van der Waals surface area contributed by atoms with E-state index in [4.69, 9.17) is 4.74 Å². The highest BCUT2D eigenvalue weighted by atomic mass is 16.5. The Labute approximate surface area is 190 Å². The second-order valence-corrected chi connectivity index (χ2v) is 7.93. The van der Waals surface area contributed by atoms with E-state index in [0.717, 1.165) is 22.3 Å². The minimum Gasteiger partial charge on any atom is -0.484 e. The molecule has 166 valence electrons. The Morgan fingerprint density at radius 1 is 0.875 bits per heavy atom. The van der Waals surface area contributed by atoms with Crippen molar-refractivity contribution in [2.45, 2.75) is 32.9 Å². The number of carbonyl (C=O) groups excluding carboxylic acids is 2. The summed E-state index contributed by atoms with van der Waals surface area (Å²) >= 11 is 0. The van der Waals surface area contributed by atoms with Gasteiger partial charge in [-0.2, -0.15) is 0 Å². The third-order valence-electron chi connectivity index (χ3n) is 5.34. The molecule has 3 rings (SSSR count). The Bertz CT molecular complexity index is 1030. The SMILES string of the molecule is CNC(=O)C(Cc1ccccc1)N(Cc1cccc(C)c1)C(=O)COc1ccc(C)cc1. The molecule has 0 aliphatic rings. The topological polar surface area (TPSA) is 58.6 Å². The highest BCUT2D eigenvalue weighted by molar-refractivity contribution is 5.88. The molecule has 0 saturated heterocycles. The van der Waals surface area contributed by atoms with Gasteiger partial charge in [0, 0.05) is 20.0 Å². The summed E-state index contributed by atoms with van der Waals surface area (Å²) in [5.41, 5.74) is 4.18. The van der Waals surface area contributed by atoms with E-state index in [2.05, 4.69) is 5.32 Å². The first-order chi connectivity index (χ1) is 15.5. The summed E-state index contributed by atoms with van der Waals surface area (Å²) in [4.78, 5) is 27.9. The molecule has 0 heterocycles. The molecule has 1 N–H and O–H groups in total. The third kappa shape index (κ3) is 6.45. The van der Waals surface area contributed by atoms with Crippen LogP contribution in [-0.2, 0) is 22.6 Å². The van der Waals surface area contributed by atoms with E-state index < -0.39 is 6.04 Å². The Balaban J connectivity index is 1.86. The second kappa shape index (κ2) is 11.1. The molecule has 5 heteroatoms. The van der Waals surface area contributed by atoms with Crippen molar-refractivity contribution in [1.29, 1.82) is 0 Å². The van der Waals surface area contributed by atoms with Crippen LogP contribution in [-0.4, -0.2) is 36.4 Å². The van der Waals surface area contributed by atoms with E-state index in [-0.39, 0.29) is 18.4 Å². The van der Waals surface area contributed by atoms with Crippen molar-refractivity contribution in [3.05, 3.63) is 101 Å². The number of nitrogens with zero attached hydrogens (tertiary/aromatic N) is 1. The number of benzene rings is 3. The van der Waals surface area contributed by atoms with Gasteiger partial charge >= 0.3 is 0 Å². The first-order valence-corrected chi connectivity index (χ1v) is 10.8. The summed E-state index contributed by atoms with van der Waals surface area (Å²) in [5.74, 6) is 0.181. The van der Waals surface area contributed by atoms with Crippen LogP contribution in [0.2, 0.25) is 0 Å². The lowest BCUT2D eigenvalue weighted by Gasteiger charge is -2.31. The van der Waals surface area contributed by atoms with Crippen molar-refractivity contribution in [2.75, 3.05) is 13.7 Å². The van der Waals surface area contributed by atoms with Gasteiger partial charge < -0.3 is 15.0 Å². The van der Waals surface area contributed by atoms with Crippen LogP contribution in [0.5, 0.6) is 5.75 Å². The van der Waals surface area contributed by atoms with Crippen LogP contribution >= 0.6 is 0 Å². The molecule has 0 saturated carbocycles. The molecule has 0 aliphatic heterocycles. The summed E-state index contributed by atoms with van der Waals surface area (Å²) in [6, 6.07) is 24.6. The number of rotatable bonds is 9. The number of hydrogen-bond acceptors (Lipinski definition) is 3. The molecule has 1 unspecified atom stereocenters. The lowest BCUT2D eigenvalue weighted by atomic mass is 10.0. The molecule has 5 nitrogen and oxygen atoms in total. The quantitative estimate of drug-likeness (QED) is 0.557. The van der Waals surface area contributed by atoms with Crippen molar-refractivity contribution in [3.63, 3.8) is 0 Å². The third-order valence-corrected chi connectivity index (χ3v) is 5.34. The average molecular weight is 431 g/mol. The standard InChI is InChI=1S/C27H30N2O3/c1-20-12-14-24(15-13-20)32-19-26(30)29(18-23-11-7-8-21(2)16-23)25(27(31)28-3)17-22-9-5-4-6-10-22/h4-16,25H,17-19H2,1-3H3,(H,28,31). The van der Waals surface area contributed by atoms with E-state index in [9.17, 15) is 9.59 Å². The largest absolute Gasteiger partial charge is 0.484 e. The fraction of sp³-hybridized carbons (Fsp3) is 0.259. The monoisotopic (exact) mass is 430 g/mol. The zero-order chi connectivity index (χ0) is 22.9. The van der Waals surface area contributed by atoms with Crippen LogP contribution in [0, 0.1) is 13.8 Å². The molecule has 3 aromatic carbocycles. The van der Waals surface area contributed by atoms with Crippen LogP contribution in [0.3, 0.4) is 0 Å². The zero-order valence-corrected chi connectivity index (χ0v) is 18.9. The fourth-order valence-electron chi connectivity index (χ4n) is 3.59. The van der Waals surface area contributed by atoms with Gasteiger partial charge in [0.1, 0.15) is 11.8 Å². The van der Waals surface area contributed by atoms with Gasteiger partial charge in [0.25, 0.3) is 5.91 Å². The van der Waals surface area contributed by atoms with Crippen LogP contribution in [0.1, 0.15) is 22.3 Å². The molecule has 2 amide bonds. The Morgan fingerprint density at radius 2 is 1.56 bits per heavy atom. The van der Waals surface area contributed by atoms with Gasteiger partial charge in [-0.05, 0) is 37.1 Å². The van der Waals surface area contributed by atoms with Crippen molar-refractivity contribution >= 4 is 11.8 Å². The smallest absolute Gasteiger partial charge is 0.261 e. The Kier molecular flexibility index (Phi) is 8.03. The number of likely N-dealkylation sites (N-methyl/N-ethyl adjacent to an activating group) is 1. The molecular weight excluding hydrogens is 400 g/mol. The molecule has 0 aromatic heterocycles. The lowest BCUT2D eigenvalue weighted by Crippen LogP contribution is -2.51. The summed E-state index contributed by atoms with van der Waals surface area (Å²) in [6.45, 7) is 4.19. The number of aryl methyl sites for hydroxylation is 2. The number of carbonyl (C=O) groups is 2. The van der Waals surface area contributed by atoms with Gasteiger partial charge in [-0.25, -0.2) is 0 Å². The van der Waals surface area contributed by atoms with E-state index in [1.54, 1.807) is 11.9 Å². The molecule has 1 atom stereocenters. The predicted octanol–water partition coefficient (Wildman–Crippen LogP) is 4.07. The minimum atomic E-state index is -0.656. The van der Waals surface area contributed by atoms with Gasteiger partial charge in [0.2, 0.25) is 5.91 Å². The van der Waals surface area contributed by atoms with Crippen LogP contribution in [0.4, 0.5) is 0 Å². The van der Waals surface area contributed by atoms with E-state index >= 15 is 0 Å². The molecular formula is C27H30N2O3. The Hall–Kier alpha value is -3.60. The maximum Gasteiger partial charge on any atom is 0.261 e. The fourth-order valence-corrected chi connectivity index (χ4v) is 3.59. The number of amides is 2. The Morgan fingerprint density at radius 3 is 2.22 bits per heavy atom. The van der Waals surface area contributed by atoms with Crippen molar-refractivity contribution in [2.24, 2.45) is 0 Å². The highest BCUT2D eigenvalue weighted by Gasteiger charge is 2.30. The minimum absolute atomic E-state index is 0.142. The van der Waals surface area contributed by atoms with Gasteiger partial charge in [0.05, 0.1) is 0 Å². The van der Waals surface area contributed by atoms with Crippen LogP contribution < -0.4 is 10.1 Å². The van der Waals surface area contributed by atoms with Crippen molar-refractivity contribution < 1.29 is 14.3 Å². The zero-order valence-electron chi connectivity index (χ0n) is 18.9. The number of hydrogen-bond donors (Lipinski definition) is 1. The summed E-state index contributed by atoms with van der Waals surface area (Å²) in [6.07, 6.45) is 0.419. The van der Waals surface area contributed by atoms with Gasteiger partial charge in [-0.3, -0.25) is 9.59 Å². The summed E-state index contributed by atoms with van der Waals surface area (Å²) in [5, 5.41) is 2.72. The van der Waals surface area contributed by atoms with Crippen LogP contribution in [0.15, 0.2) is 78.9 Å². The average Bonchev–Trinajstić information content (AvgIpc) is 2.81. The first kappa shape index (κ1) is 23.1.